The van der Waals surface area contributed by atoms with Crippen LogP contribution in [0.25, 0.3) is 0 Å². The predicted molar refractivity (Wildman–Crippen MR) is 118 cm³/mol. The summed E-state index contributed by atoms with van der Waals surface area (Å²) in [5.41, 5.74) is 0. The van der Waals surface area contributed by atoms with Gasteiger partial charge in [0.05, 0.1) is 19.6 Å². The average molecular weight is 385 g/mol. The Labute approximate surface area is 169 Å². The molecular weight excluding hydrogens is 336 g/mol. The zero-order chi connectivity index (χ0) is 20.2. The fourth-order valence-corrected chi connectivity index (χ4v) is 3.51. The van der Waals surface area contributed by atoms with Crippen molar-refractivity contribution in [3.8, 4) is 0 Å². The third-order valence-electron chi connectivity index (χ3n) is 5.41. The van der Waals surface area contributed by atoms with Crippen molar-refractivity contribution in [2.45, 2.75) is 117 Å². The molecule has 0 unspecified atom stereocenters. The zero-order valence-electron chi connectivity index (χ0n) is 18.7. The fourth-order valence-electron chi connectivity index (χ4n) is 3.51. The highest BCUT2D eigenvalue weighted by Crippen LogP contribution is 2.12. The largest absolute Gasteiger partial charge is 0.633 e. The standard InChI is InChI=1S/C23H48N2O2/c1-4-7-10-11-12-13-14-15-16-18-23(26)24-19-17-22-25(27,20-8-5-2)21-9-6-3/h4-22H2,1-3H3,(H,24,26). The van der Waals surface area contributed by atoms with Crippen LogP contribution in [0.2, 0.25) is 0 Å². The molecule has 0 aliphatic heterocycles. The Hall–Kier alpha value is -0.610. The van der Waals surface area contributed by atoms with Crippen LogP contribution in [0.3, 0.4) is 0 Å². The van der Waals surface area contributed by atoms with E-state index in [9.17, 15) is 10.0 Å². The van der Waals surface area contributed by atoms with Gasteiger partial charge in [-0.15, -0.1) is 0 Å². The van der Waals surface area contributed by atoms with E-state index < -0.39 is 0 Å². The van der Waals surface area contributed by atoms with Crippen molar-refractivity contribution in [1.82, 2.24) is 5.32 Å². The van der Waals surface area contributed by atoms with Crippen molar-refractivity contribution >= 4 is 5.91 Å². The van der Waals surface area contributed by atoms with E-state index in [0.717, 1.165) is 58.0 Å². The van der Waals surface area contributed by atoms with Crippen molar-refractivity contribution in [3.05, 3.63) is 5.21 Å². The molecule has 0 saturated heterocycles. The minimum Gasteiger partial charge on any atom is -0.633 e. The van der Waals surface area contributed by atoms with E-state index >= 15 is 0 Å². The number of nitrogens with one attached hydrogen (secondary N) is 1. The Balaban J connectivity index is 3.65. The number of unbranched alkanes of at least 4 members (excludes halogenated alkanes) is 10. The van der Waals surface area contributed by atoms with Crippen LogP contribution >= 0.6 is 0 Å². The molecule has 0 fully saturated rings. The summed E-state index contributed by atoms with van der Waals surface area (Å²) in [6.45, 7) is 9.26. The maximum absolute atomic E-state index is 12.8. The molecule has 0 rings (SSSR count). The number of amides is 1. The van der Waals surface area contributed by atoms with Crippen LogP contribution in [0, 0.1) is 5.21 Å². The van der Waals surface area contributed by atoms with E-state index in [2.05, 4.69) is 26.1 Å². The van der Waals surface area contributed by atoms with Gasteiger partial charge in [0, 0.05) is 19.4 Å². The van der Waals surface area contributed by atoms with Gasteiger partial charge in [-0.3, -0.25) is 4.79 Å². The highest BCUT2D eigenvalue weighted by molar-refractivity contribution is 5.75. The number of rotatable bonds is 20. The smallest absolute Gasteiger partial charge is 0.219 e. The molecule has 0 heterocycles. The lowest BCUT2D eigenvalue weighted by Gasteiger charge is -2.43. The monoisotopic (exact) mass is 384 g/mol. The maximum atomic E-state index is 12.8. The lowest BCUT2D eigenvalue weighted by molar-refractivity contribution is -0.881. The van der Waals surface area contributed by atoms with Gasteiger partial charge in [-0.2, -0.15) is 0 Å². The van der Waals surface area contributed by atoms with Gasteiger partial charge in [-0.05, 0) is 19.3 Å². The van der Waals surface area contributed by atoms with Crippen molar-refractivity contribution in [2.24, 2.45) is 0 Å². The number of hydrogen-bond donors (Lipinski definition) is 1. The molecule has 0 spiro atoms. The van der Waals surface area contributed by atoms with Crippen molar-refractivity contribution in [3.63, 3.8) is 0 Å². The molecular formula is C23H48N2O2. The molecule has 27 heavy (non-hydrogen) atoms. The average Bonchev–Trinajstić information content (AvgIpc) is 2.67. The SMILES string of the molecule is CCCCCCCCCCCC(=O)NCCC[N+]([O-])(CCCC)CCCC. The van der Waals surface area contributed by atoms with E-state index in [4.69, 9.17) is 0 Å². The van der Waals surface area contributed by atoms with Gasteiger partial charge < -0.3 is 15.2 Å². The molecule has 1 amide bonds. The molecule has 1 N–H and O–H groups in total. The van der Waals surface area contributed by atoms with Crippen molar-refractivity contribution in [1.29, 1.82) is 0 Å². The minimum atomic E-state index is -0.0736. The van der Waals surface area contributed by atoms with E-state index in [-0.39, 0.29) is 10.6 Å². The van der Waals surface area contributed by atoms with Crippen LogP contribution < -0.4 is 5.32 Å². The topological polar surface area (TPSA) is 52.2 Å². The van der Waals surface area contributed by atoms with Gasteiger partial charge in [0.15, 0.2) is 0 Å². The van der Waals surface area contributed by atoms with E-state index in [0.29, 0.717) is 19.5 Å². The van der Waals surface area contributed by atoms with Gasteiger partial charge in [0.1, 0.15) is 0 Å². The van der Waals surface area contributed by atoms with Crippen LogP contribution in [-0.2, 0) is 4.79 Å². The molecule has 4 heteroatoms. The molecule has 0 aromatic carbocycles. The van der Waals surface area contributed by atoms with Gasteiger partial charge >= 0.3 is 0 Å². The number of quaternary nitrogens is 1. The number of hydrogen-bond acceptors (Lipinski definition) is 2. The van der Waals surface area contributed by atoms with Crippen molar-refractivity contribution < 1.29 is 9.44 Å². The van der Waals surface area contributed by atoms with Gasteiger partial charge in [0.25, 0.3) is 0 Å². The second kappa shape index (κ2) is 18.7. The van der Waals surface area contributed by atoms with Crippen LogP contribution in [0.4, 0.5) is 0 Å². The maximum Gasteiger partial charge on any atom is 0.219 e. The predicted octanol–water partition coefficient (Wildman–Crippen LogP) is 6.33. The lowest BCUT2D eigenvalue weighted by atomic mass is 10.1. The molecule has 0 aromatic rings. The Bertz CT molecular complexity index is 326. The third-order valence-corrected chi connectivity index (χ3v) is 5.41. The molecule has 0 aliphatic carbocycles. The zero-order valence-corrected chi connectivity index (χ0v) is 18.7. The fraction of sp³-hybridized carbons (Fsp3) is 0.957. The number of nitrogens with zero attached hydrogens (tertiary/aromatic N) is 1. The summed E-state index contributed by atoms with van der Waals surface area (Å²) in [6.07, 6.45) is 17.1. The van der Waals surface area contributed by atoms with Gasteiger partial charge in [-0.25, -0.2) is 0 Å². The molecule has 0 atom stereocenters. The summed E-state index contributed by atoms with van der Waals surface area (Å²) >= 11 is 0. The lowest BCUT2D eigenvalue weighted by Crippen LogP contribution is -2.45. The van der Waals surface area contributed by atoms with E-state index in [1.807, 2.05) is 0 Å². The highest BCUT2D eigenvalue weighted by atomic mass is 16.5. The molecule has 0 saturated carbocycles. The summed E-state index contributed by atoms with van der Waals surface area (Å²) in [4.78, 5) is 11.9. The summed E-state index contributed by atoms with van der Waals surface area (Å²) in [5.74, 6) is 0.157. The van der Waals surface area contributed by atoms with Gasteiger partial charge in [0.2, 0.25) is 5.91 Å². The summed E-state index contributed by atoms with van der Waals surface area (Å²) in [6, 6.07) is 0. The molecule has 0 bridgehead atoms. The quantitative estimate of drug-likeness (QED) is 0.151. The van der Waals surface area contributed by atoms with Crippen LogP contribution in [0.1, 0.15) is 117 Å². The van der Waals surface area contributed by atoms with Crippen LogP contribution in [-0.4, -0.2) is 36.7 Å². The minimum absolute atomic E-state index is 0.0736. The molecule has 4 nitrogen and oxygen atoms in total. The van der Waals surface area contributed by atoms with Gasteiger partial charge in [-0.1, -0.05) is 85.0 Å². The molecule has 0 aliphatic rings. The van der Waals surface area contributed by atoms with Crippen LogP contribution in [0.5, 0.6) is 0 Å². The molecule has 162 valence electrons. The first kappa shape index (κ1) is 26.4. The number of carbonyl (C=O) groups is 1. The normalized spacial score (nSPS) is 11.7. The highest BCUT2D eigenvalue weighted by Gasteiger charge is 2.15. The second-order valence-corrected chi connectivity index (χ2v) is 8.22. The Kier molecular flexibility index (Phi) is 18.3. The Morgan fingerprint density at radius 3 is 1.63 bits per heavy atom. The Morgan fingerprint density at radius 1 is 0.667 bits per heavy atom. The number of carbonyl (C=O) groups excluding carboxylic acids is 1. The first-order chi connectivity index (χ1) is 13.1. The third kappa shape index (κ3) is 17.2. The second-order valence-electron chi connectivity index (χ2n) is 8.22. The van der Waals surface area contributed by atoms with E-state index in [1.54, 1.807) is 0 Å². The molecule has 0 aromatic heterocycles. The summed E-state index contributed by atoms with van der Waals surface area (Å²) < 4.78 is -0.0736. The first-order valence-electron chi connectivity index (χ1n) is 11.9. The first-order valence-corrected chi connectivity index (χ1v) is 11.9. The van der Waals surface area contributed by atoms with E-state index in [1.165, 1.54) is 44.9 Å². The number of hydroxylamine groups is 3. The summed E-state index contributed by atoms with van der Waals surface area (Å²) in [5, 5.41) is 15.8. The molecule has 0 radical (unpaired) electrons. The Morgan fingerprint density at radius 2 is 1.11 bits per heavy atom. The van der Waals surface area contributed by atoms with Crippen LogP contribution in [0.15, 0.2) is 0 Å². The summed E-state index contributed by atoms with van der Waals surface area (Å²) in [7, 11) is 0. The van der Waals surface area contributed by atoms with Crippen molar-refractivity contribution in [2.75, 3.05) is 26.2 Å².